The van der Waals surface area contributed by atoms with Gasteiger partial charge in [-0.15, -0.1) is 6.42 Å². The number of carbonyl (C=O) groups excluding carboxylic acids is 1. The molecule has 0 saturated heterocycles. The highest BCUT2D eigenvalue weighted by Gasteiger charge is 2.49. The Balaban J connectivity index is 1.36. The maximum absolute atomic E-state index is 13.6. The summed E-state index contributed by atoms with van der Waals surface area (Å²) < 4.78 is 26.7. The third-order valence-corrected chi connectivity index (χ3v) is 8.15. The molecule has 7 nitrogen and oxygen atoms in total. The first-order valence-corrected chi connectivity index (χ1v) is 12.5. The van der Waals surface area contributed by atoms with Gasteiger partial charge in [0, 0.05) is 52.2 Å². The molecule has 1 fully saturated rings. The molecule has 184 valence electrons. The van der Waals surface area contributed by atoms with Crippen molar-refractivity contribution in [3.63, 3.8) is 0 Å². The third-order valence-electron chi connectivity index (χ3n) is 8.15. The van der Waals surface area contributed by atoms with Gasteiger partial charge in [0.15, 0.2) is 0 Å². The Hall–Kier alpha value is -4.02. The van der Waals surface area contributed by atoms with Crippen molar-refractivity contribution >= 4 is 16.9 Å². The molecule has 4 heterocycles. The van der Waals surface area contributed by atoms with Gasteiger partial charge in [0.25, 0.3) is 5.91 Å². The Labute approximate surface area is 220 Å². The number of amides is 1. The fraction of sp³-hybridized carbons (Fsp3) is 0.333. The van der Waals surface area contributed by atoms with E-state index in [2.05, 4.69) is 34.3 Å². The third kappa shape index (κ3) is 3.06. The summed E-state index contributed by atoms with van der Waals surface area (Å²) in [6.45, 7) is 1.75. The fourth-order valence-electron chi connectivity index (χ4n) is 6.80. The molecule has 3 aliphatic rings. The van der Waals surface area contributed by atoms with E-state index >= 15 is 0 Å². The minimum atomic E-state index is -2.65. The van der Waals surface area contributed by atoms with Crippen LogP contribution >= 0.6 is 0 Å². The minimum absolute atomic E-state index is 0.193. The van der Waals surface area contributed by atoms with Gasteiger partial charge < -0.3 is 15.2 Å². The molecule has 2 bridgehead atoms. The van der Waals surface area contributed by atoms with E-state index in [-0.39, 0.29) is 11.5 Å². The number of imidazole rings is 1. The molecule has 7 rings (SSSR count). The first-order valence-electron chi connectivity index (χ1n) is 14.0. The van der Waals surface area contributed by atoms with Crippen molar-refractivity contribution in [3.05, 3.63) is 77.1 Å². The lowest BCUT2D eigenvalue weighted by molar-refractivity contribution is 0.0548. The predicted octanol–water partition coefficient (Wildman–Crippen LogP) is 4.57. The number of hydrogen-bond acceptors (Lipinski definition) is 5. The summed E-state index contributed by atoms with van der Waals surface area (Å²) >= 11 is 0. The van der Waals surface area contributed by atoms with Crippen LogP contribution in [0.5, 0.6) is 0 Å². The van der Waals surface area contributed by atoms with E-state index in [0.717, 1.165) is 34.4 Å². The molecule has 2 aromatic carbocycles. The van der Waals surface area contributed by atoms with Gasteiger partial charge >= 0.3 is 0 Å². The monoisotopic (exact) mass is 491 g/mol. The number of benzene rings is 2. The SMILES string of the molecule is [2H]C([2H])([2H])N1C(=O)c2cccc(C#C)c2[C@H]2C[C@@H]1c1nc3ccc(-c4cnc(C5(N)CC(C)(C)C5)nc4)cc3n12. The van der Waals surface area contributed by atoms with Crippen molar-refractivity contribution in [2.24, 2.45) is 11.1 Å². The second-order valence-electron chi connectivity index (χ2n) is 11.4. The number of fused-ring (bicyclic) bond motifs is 9. The maximum Gasteiger partial charge on any atom is 0.254 e. The molecule has 1 saturated carbocycles. The average molecular weight is 492 g/mol. The zero-order valence-corrected chi connectivity index (χ0v) is 20.7. The van der Waals surface area contributed by atoms with Crippen LogP contribution in [0.3, 0.4) is 0 Å². The second-order valence-corrected chi connectivity index (χ2v) is 11.4. The van der Waals surface area contributed by atoms with E-state index in [1.54, 1.807) is 30.6 Å². The van der Waals surface area contributed by atoms with Gasteiger partial charge in [-0.1, -0.05) is 31.9 Å². The number of rotatable bonds is 2. The molecule has 2 N–H and O–H groups in total. The summed E-state index contributed by atoms with van der Waals surface area (Å²) in [5.41, 5.74) is 11.1. The molecule has 7 heteroatoms. The maximum atomic E-state index is 13.6. The Morgan fingerprint density at radius 3 is 2.62 bits per heavy atom. The Morgan fingerprint density at radius 1 is 1.14 bits per heavy atom. The molecule has 0 unspecified atom stereocenters. The molecule has 2 aromatic heterocycles. The second kappa shape index (κ2) is 7.27. The van der Waals surface area contributed by atoms with Gasteiger partial charge in [-0.25, -0.2) is 15.0 Å². The number of nitrogens with two attached hydrogens (primary N) is 1. The number of aromatic nitrogens is 4. The first-order chi connectivity index (χ1) is 18.9. The van der Waals surface area contributed by atoms with E-state index in [4.69, 9.17) is 21.3 Å². The van der Waals surface area contributed by atoms with Gasteiger partial charge in [-0.2, -0.15) is 0 Å². The lowest BCUT2D eigenvalue weighted by Gasteiger charge is -2.49. The van der Waals surface area contributed by atoms with E-state index < -0.39 is 24.5 Å². The molecule has 2 aliphatic heterocycles. The summed E-state index contributed by atoms with van der Waals surface area (Å²) in [5.74, 6) is 3.35. The normalized spacial score (nSPS) is 24.2. The zero-order valence-electron chi connectivity index (χ0n) is 23.7. The number of carbonyl (C=O) groups is 1. The highest BCUT2D eigenvalue weighted by atomic mass is 16.2. The van der Waals surface area contributed by atoms with Crippen LogP contribution in [0.4, 0.5) is 0 Å². The Morgan fingerprint density at radius 2 is 1.92 bits per heavy atom. The Bertz CT molecular complexity index is 1760. The Kier molecular flexibility index (Phi) is 3.76. The quantitative estimate of drug-likeness (QED) is 0.415. The number of nitrogens with zero attached hydrogens (tertiary/aromatic N) is 5. The van der Waals surface area contributed by atoms with E-state index in [1.807, 2.05) is 18.2 Å². The van der Waals surface area contributed by atoms with Crippen LogP contribution in [0.1, 0.15) is 82.4 Å². The van der Waals surface area contributed by atoms with Crippen LogP contribution in [0.15, 0.2) is 48.8 Å². The number of terminal acetylenes is 1. The van der Waals surface area contributed by atoms with Crippen LogP contribution in [0.25, 0.3) is 22.2 Å². The van der Waals surface area contributed by atoms with Crippen molar-refractivity contribution < 1.29 is 8.91 Å². The summed E-state index contributed by atoms with van der Waals surface area (Å²) in [4.78, 5) is 28.7. The molecule has 0 radical (unpaired) electrons. The fourth-order valence-corrected chi connectivity index (χ4v) is 6.80. The van der Waals surface area contributed by atoms with E-state index in [0.29, 0.717) is 40.3 Å². The topological polar surface area (TPSA) is 89.9 Å². The molecule has 1 aliphatic carbocycles. The lowest BCUT2D eigenvalue weighted by atomic mass is 9.59. The van der Waals surface area contributed by atoms with Crippen molar-refractivity contribution in [1.29, 1.82) is 0 Å². The first kappa shape index (κ1) is 19.1. The molecule has 2 atom stereocenters. The van der Waals surface area contributed by atoms with Crippen LogP contribution in [-0.4, -0.2) is 37.3 Å². The standard InChI is InChI=1S/C30H28N6O/c1-5-17-7-6-8-20-25(17)23-12-24(35(4)27(20)37)26-34-21-10-9-18(11-22(21)36(23)26)19-13-32-28(33-14-19)30(31)15-29(2,3)16-30/h1,6-11,13-14,23-24H,12,15-16,31H2,2-4H3/t23-,24-/m1/s1/i4D3. The highest BCUT2D eigenvalue weighted by molar-refractivity contribution is 5.98. The molecule has 0 spiro atoms. The highest BCUT2D eigenvalue weighted by Crippen LogP contribution is 2.51. The van der Waals surface area contributed by atoms with Gasteiger partial charge in [0.1, 0.15) is 11.6 Å². The van der Waals surface area contributed by atoms with E-state index in [9.17, 15) is 4.79 Å². The van der Waals surface area contributed by atoms with Crippen molar-refractivity contribution in [1.82, 2.24) is 24.4 Å². The molecular weight excluding hydrogens is 460 g/mol. The van der Waals surface area contributed by atoms with Crippen LogP contribution in [-0.2, 0) is 5.54 Å². The molecule has 4 aromatic rings. The summed E-state index contributed by atoms with van der Waals surface area (Å²) in [7, 11) is 0. The van der Waals surface area contributed by atoms with Gasteiger partial charge in [0.2, 0.25) is 0 Å². The lowest BCUT2D eigenvalue weighted by Crippen LogP contribution is -2.54. The summed E-state index contributed by atoms with van der Waals surface area (Å²) in [6, 6.07) is 9.98. The molecule has 1 amide bonds. The minimum Gasteiger partial charge on any atom is -0.331 e. The van der Waals surface area contributed by atoms with Crippen molar-refractivity contribution in [2.75, 3.05) is 6.98 Å². The van der Waals surface area contributed by atoms with Gasteiger partial charge in [-0.3, -0.25) is 4.79 Å². The predicted molar refractivity (Wildman–Crippen MR) is 142 cm³/mol. The van der Waals surface area contributed by atoms with Crippen molar-refractivity contribution in [3.8, 4) is 23.5 Å². The molecule has 37 heavy (non-hydrogen) atoms. The van der Waals surface area contributed by atoms with Crippen LogP contribution < -0.4 is 5.73 Å². The van der Waals surface area contributed by atoms with Gasteiger partial charge in [-0.05, 0) is 48.1 Å². The largest absolute Gasteiger partial charge is 0.331 e. The number of hydrogen-bond donors (Lipinski definition) is 1. The smallest absolute Gasteiger partial charge is 0.254 e. The summed E-state index contributed by atoms with van der Waals surface area (Å²) in [6.07, 6.45) is 11.5. The molecular formula is C30H28N6O. The van der Waals surface area contributed by atoms with Gasteiger partial charge in [0.05, 0.1) is 28.7 Å². The summed E-state index contributed by atoms with van der Waals surface area (Å²) in [5, 5.41) is 0. The average Bonchev–Trinajstić information content (AvgIpc) is 3.39. The zero-order chi connectivity index (χ0) is 28.2. The van der Waals surface area contributed by atoms with Crippen LogP contribution in [0, 0.1) is 17.8 Å². The van der Waals surface area contributed by atoms with Crippen molar-refractivity contribution in [2.45, 2.75) is 50.7 Å². The van der Waals surface area contributed by atoms with E-state index in [1.165, 1.54) is 0 Å². The van der Waals surface area contributed by atoms with Crippen LogP contribution in [0.2, 0.25) is 0 Å².